The van der Waals surface area contributed by atoms with Crippen LogP contribution in [-0.2, 0) is 4.79 Å². The number of rotatable bonds is 4. The van der Waals surface area contributed by atoms with Crippen LogP contribution in [0.15, 0.2) is 18.2 Å². The monoisotopic (exact) mass is 286 g/mol. The number of aliphatic hydroxyl groups is 1. The molecule has 4 nitrogen and oxygen atoms in total. The molecule has 106 valence electrons. The summed E-state index contributed by atoms with van der Waals surface area (Å²) >= 11 is 0. The van der Waals surface area contributed by atoms with E-state index < -0.39 is 41.7 Å². The predicted molar refractivity (Wildman–Crippen MR) is 50.7 cm³/mol. The lowest BCUT2D eigenvalue weighted by molar-refractivity contribution is -0.274. The van der Waals surface area contributed by atoms with Gasteiger partial charge in [-0.3, -0.25) is 0 Å². The standard InChI is InChI=1S/C10H7F5O4/c11-8(12)5-1-4(7(16)9(17)18)2-6(3-5)19-10(13,14)15/h1-3,7-8,16H,(H,17,18). The molecule has 19 heavy (non-hydrogen) atoms. The van der Waals surface area contributed by atoms with E-state index >= 15 is 0 Å². The molecular weight excluding hydrogens is 279 g/mol. The van der Waals surface area contributed by atoms with Crippen LogP contribution in [0, 0.1) is 0 Å². The lowest BCUT2D eigenvalue weighted by Gasteiger charge is -2.13. The smallest absolute Gasteiger partial charge is 0.479 e. The number of carbonyl (C=O) groups is 1. The summed E-state index contributed by atoms with van der Waals surface area (Å²) in [6, 6.07) is 1.53. The van der Waals surface area contributed by atoms with E-state index in [-0.39, 0.29) is 0 Å². The van der Waals surface area contributed by atoms with E-state index in [1.54, 1.807) is 0 Å². The molecule has 1 unspecified atom stereocenters. The van der Waals surface area contributed by atoms with E-state index in [2.05, 4.69) is 4.74 Å². The summed E-state index contributed by atoms with van der Waals surface area (Å²) in [5.41, 5.74) is -1.53. The van der Waals surface area contributed by atoms with Gasteiger partial charge in [-0.15, -0.1) is 13.2 Å². The molecule has 0 aliphatic heterocycles. The van der Waals surface area contributed by atoms with Crippen molar-refractivity contribution in [2.24, 2.45) is 0 Å². The highest BCUT2D eigenvalue weighted by atomic mass is 19.4. The number of alkyl halides is 5. The minimum atomic E-state index is -5.12. The zero-order valence-corrected chi connectivity index (χ0v) is 8.99. The van der Waals surface area contributed by atoms with E-state index in [4.69, 9.17) is 10.2 Å². The maximum Gasteiger partial charge on any atom is 0.573 e. The Balaban J connectivity index is 3.22. The van der Waals surface area contributed by atoms with Gasteiger partial charge in [0.25, 0.3) is 6.43 Å². The Morgan fingerprint density at radius 2 is 1.68 bits per heavy atom. The van der Waals surface area contributed by atoms with Crippen LogP contribution >= 0.6 is 0 Å². The number of hydrogen-bond acceptors (Lipinski definition) is 3. The molecule has 1 atom stereocenters. The largest absolute Gasteiger partial charge is 0.573 e. The summed E-state index contributed by atoms with van der Waals surface area (Å²) in [4.78, 5) is 10.5. The average molecular weight is 286 g/mol. The third-order valence-corrected chi connectivity index (χ3v) is 1.99. The van der Waals surface area contributed by atoms with Crippen LogP contribution in [0.5, 0.6) is 5.75 Å². The van der Waals surface area contributed by atoms with Gasteiger partial charge >= 0.3 is 12.3 Å². The second-order valence-electron chi connectivity index (χ2n) is 3.42. The molecule has 1 rings (SSSR count). The zero-order chi connectivity index (χ0) is 14.8. The van der Waals surface area contributed by atoms with Gasteiger partial charge in [-0.25, -0.2) is 13.6 Å². The molecule has 0 saturated heterocycles. The molecule has 0 heterocycles. The fraction of sp³-hybridized carbons (Fsp3) is 0.300. The highest BCUT2D eigenvalue weighted by molar-refractivity contribution is 5.74. The van der Waals surface area contributed by atoms with Crippen LogP contribution in [0.1, 0.15) is 23.7 Å². The van der Waals surface area contributed by atoms with Crippen molar-refractivity contribution in [1.82, 2.24) is 0 Å². The van der Waals surface area contributed by atoms with E-state index in [0.29, 0.717) is 18.2 Å². The maximum absolute atomic E-state index is 12.5. The Kier molecular flexibility index (Phi) is 4.30. The van der Waals surface area contributed by atoms with Crippen molar-refractivity contribution < 1.29 is 41.7 Å². The predicted octanol–water partition coefficient (Wildman–Crippen LogP) is 2.64. The summed E-state index contributed by atoms with van der Waals surface area (Å²) in [5.74, 6) is -2.81. The lowest BCUT2D eigenvalue weighted by Crippen LogP contribution is -2.18. The number of carboxylic acid groups (broad SMARTS) is 1. The van der Waals surface area contributed by atoms with E-state index in [1.807, 2.05) is 0 Å². The van der Waals surface area contributed by atoms with Crippen LogP contribution in [0.3, 0.4) is 0 Å². The number of aliphatic hydroxyl groups excluding tert-OH is 1. The van der Waals surface area contributed by atoms with Gasteiger partial charge in [0.2, 0.25) is 0 Å². The first-order valence-electron chi connectivity index (χ1n) is 4.70. The Morgan fingerprint density at radius 3 is 2.11 bits per heavy atom. The zero-order valence-electron chi connectivity index (χ0n) is 8.99. The van der Waals surface area contributed by atoms with Gasteiger partial charge < -0.3 is 14.9 Å². The molecule has 0 bridgehead atoms. The van der Waals surface area contributed by atoms with Crippen LogP contribution in [0.4, 0.5) is 22.0 Å². The van der Waals surface area contributed by atoms with E-state index in [0.717, 1.165) is 0 Å². The van der Waals surface area contributed by atoms with Gasteiger partial charge in [0, 0.05) is 5.56 Å². The Morgan fingerprint density at radius 1 is 1.16 bits per heavy atom. The molecule has 0 aliphatic carbocycles. The Bertz CT molecular complexity index is 471. The van der Waals surface area contributed by atoms with Crippen molar-refractivity contribution >= 4 is 5.97 Å². The van der Waals surface area contributed by atoms with Crippen molar-refractivity contribution in [3.05, 3.63) is 29.3 Å². The normalized spacial score (nSPS) is 13.4. The summed E-state index contributed by atoms with van der Waals surface area (Å²) in [6.07, 6.45) is -10.5. The average Bonchev–Trinajstić information content (AvgIpc) is 2.24. The fourth-order valence-electron chi connectivity index (χ4n) is 1.26. The van der Waals surface area contributed by atoms with Gasteiger partial charge in [-0.2, -0.15) is 0 Å². The molecule has 0 spiro atoms. The first kappa shape index (κ1) is 15.2. The van der Waals surface area contributed by atoms with Gasteiger partial charge in [0.05, 0.1) is 0 Å². The third-order valence-electron chi connectivity index (χ3n) is 1.99. The Hall–Kier alpha value is -1.90. The number of aliphatic carboxylic acids is 1. The van der Waals surface area contributed by atoms with Gasteiger partial charge in [-0.05, 0) is 23.8 Å². The lowest BCUT2D eigenvalue weighted by atomic mass is 10.1. The van der Waals surface area contributed by atoms with Crippen molar-refractivity contribution in [3.8, 4) is 5.75 Å². The summed E-state index contributed by atoms with van der Waals surface area (Å²) < 4.78 is 64.3. The minimum absolute atomic E-state index is 0.413. The number of carboxylic acids is 1. The molecule has 1 aromatic carbocycles. The molecule has 9 heteroatoms. The van der Waals surface area contributed by atoms with Gasteiger partial charge in [0.15, 0.2) is 6.10 Å². The molecule has 0 radical (unpaired) electrons. The van der Waals surface area contributed by atoms with E-state index in [1.165, 1.54) is 0 Å². The minimum Gasteiger partial charge on any atom is -0.479 e. The van der Waals surface area contributed by atoms with Crippen LogP contribution in [-0.4, -0.2) is 22.5 Å². The van der Waals surface area contributed by atoms with Crippen molar-refractivity contribution in [1.29, 1.82) is 0 Å². The first-order chi connectivity index (χ1) is 8.60. The second-order valence-corrected chi connectivity index (χ2v) is 3.42. The molecule has 0 fully saturated rings. The first-order valence-corrected chi connectivity index (χ1v) is 4.70. The molecule has 0 saturated carbocycles. The Labute approximate surface area is 103 Å². The third kappa shape index (κ3) is 4.36. The molecular formula is C10H7F5O4. The highest BCUT2D eigenvalue weighted by Gasteiger charge is 2.32. The SMILES string of the molecule is O=C(O)C(O)c1cc(OC(F)(F)F)cc(C(F)F)c1. The molecule has 2 N–H and O–H groups in total. The topological polar surface area (TPSA) is 66.8 Å². The van der Waals surface area contributed by atoms with Crippen molar-refractivity contribution in [2.45, 2.75) is 18.9 Å². The van der Waals surface area contributed by atoms with Crippen LogP contribution in [0.25, 0.3) is 0 Å². The van der Waals surface area contributed by atoms with Gasteiger partial charge in [-0.1, -0.05) is 0 Å². The summed E-state index contributed by atoms with van der Waals surface area (Å²) in [5, 5.41) is 17.6. The number of ether oxygens (including phenoxy) is 1. The quantitative estimate of drug-likeness (QED) is 0.835. The number of hydrogen-bond donors (Lipinski definition) is 2. The second kappa shape index (κ2) is 5.39. The molecule has 0 aliphatic rings. The van der Waals surface area contributed by atoms with Gasteiger partial charge in [0.1, 0.15) is 5.75 Å². The number of halogens is 5. The summed E-state index contributed by atoms with van der Waals surface area (Å²) in [6.45, 7) is 0. The molecule has 1 aromatic rings. The summed E-state index contributed by atoms with van der Waals surface area (Å²) in [7, 11) is 0. The van der Waals surface area contributed by atoms with Crippen LogP contribution < -0.4 is 4.74 Å². The molecule has 0 aromatic heterocycles. The number of benzene rings is 1. The van der Waals surface area contributed by atoms with Crippen molar-refractivity contribution in [2.75, 3.05) is 0 Å². The van der Waals surface area contributed by atoms with Crippen LogP contribution in [0.2, 0.25) is 0 Å². The van der Waals surface area contributed by atoms with Crippen molar-refractivity contribution in [3.63, 3.8) is 0 Å². The van der Waals surface area contributed by atoms with E-state index in [9.17, 15) is 26.7 Å². The maximum atomic E-state index is 12.5. The highest BCUT2D eigenvalue weighted by Crippen LogP contribution is 2.31. The fourth-order valence-corrected chi connectivity index (χ4v) is 1.26. The molecule has 0 amide bonds.